The first-order valence-electron chi connectivity index (χ1n) is 2.75. The fourth-order valence-corrected chi connectivity index (χ4v) is 0.610. The van der Waals surface area contributed by atoms with Gasteiger partial charge in [-0.3, -0.25) is 0 Å². The average molecular weight is 129 g/mol. The first-order chi connectivity index (χ1) is 4.34. The van der Waals surface area contributed by atoms with Gasteiger partial charge in [0.25, 0.3) is 0 Å². The molecule has 9 heavy (non-hydrogen) atoms. The van der Waals surface area contributed by atoms with Crippen molar-refractivity contribution in [3.63, 3.8) is 0 Å². The molecule has 0 saturated carbocycles. The number of alkyl halides is 1. The summed E-state index contributed by atoms with van der Waals surface area (Å²) in [6, 6.07) is 0. The quantitative estimate of drug-likeness (QED) is 0.584. The third-order valence-corrected chi connectivity index (χ3v) is 1.11. The van der Waals surface area contributed by atoms with E-state index in [2.05, 4.69) is 10.3 Å². The Hall–Kier alpha value is -0.930. The van der Waals surface area contributed by atoms with Gasteiger partial charge in [-0.1, -0.05) is 5.21 Å². The smallest absolute Gasteiger partial charge is 0.109 e. The predicted octanol–water partition coefficient (Wildman–Crippen LogP) is 0.556. The van der Waals surface area contributed by atoms with Crippen LogP contribution in [0.25, 0.3) is 0 Å². The van der Waals surface area contributed by atoms with Gasteiger partial charge in [-0.2, -0.15) is 0 Å². The maximum absolute atomic E-state index is 11.6. The number of hydrogen-bond donors (Lipinski definition) is 0. The van der Waals surface area contributed by atoms with Crippen LogP contribution in [-0.4, -0.2) is 21.7 Å². The Morgan fingerprint density at radius 3 is 3.00 bits per heavy atom. The second kappa shape index (κ2) is 2.57. The van der Waals surface area contributed by atoms with E-state index in [0.717, 1.165) is 5.69 Å². The van der Waals surface area contributed by atoms with Gasteiger partial charge in [0.1, 0.15) is 6.67 Å². The number of rotatable bonds is 2. The van der Waals surface area contributed by atoms with Crippen LogP contribution in [0.5, 0.6) is 0 Å². The second-order valence-corrected chi connectivity index (χ2v) is 1.79. The molecule has 1 aromatic heterocycles. The van der Waals surface area contributed by atoms with Crippen LogP contribution in [0.15, 0.2) is 6.20 Å². The van der Waals surface area contributed by atoms with E-state index in [9.17, 15) is 4.39 Å². The van der Waals surface area contributed by atoms with Crippen LogP contribution in [0, 0.1) is 6.92 Å². The highest BCUT2D eigenvalue weighted by Gasteiger charge is 1.94. The first-order valence-corrected chi connectivity index (χ1v) is 2.75. The predicted molar refractivity (Wildman–Crippen MR) is 30.7 cm³/mol. The van der Waals surface area contributed by atoms with Crippen molar-refractivity contribution in [1.29, 1.82) is 0 Å². The fourth-order valence-electron chi connectivity index (χ4n) is 0.610. The minimum absolute atomic E-state index is 0.311. The van der Waals surface area contributed by atoms with Gasteiger partial charge in [0.05, 0.1) is 18.4 Å². The molecule has 0 atom stereocenters. The summed E-state index contributed by atoms with van der Waals surface area (Å²) in [6.07, 6.45) is 1.61. The highest BCUT2D eigenvalue weighted by Crippen LogP contribution is 1.91. The Kier molecular flexibility index (Phi) is 1.77. The van der Waals surface area contributed by atoms with E-state index in [1.165, 1.54) is 4.68 Å². The zero-order valence-corrected chi connectivity index (χ0v) is 5.21. The van der Waals surface area contributed by atoms with Crippen molar-refractivity contribution in [3.05, 3.63) is 11.9 Å². The highest BCUT2D eigenvalue weighted by molar-refractivity contribution is 4.87. The lowest BCUT2D eigenvalue weighted by Crippen LogP contribution is -2.03. The summed E-state index contributed by atoms with van der Waals surface area (Å²) in [5.41, 5.74) is 0.896. The van der Waals surface area contributed by atoms with Crippen LogP contribution >= 0.6 is 0 Å². The molecular weight excluding hydrogens is 121 g/mol. The Balaban J connectivity index is 2.69. The molecule has 0 aliphatic rings. The highest BCUT2D eigenvalue weighted by atomic mass is 19.1. The van der Waals surface area contributed by atoms with Gasteiger partial charge in [-0.15, -0.1) is 5.10 Å². The molecule has 0 amide bonds. The van der Waals surface area contributed by atoms with Crippen LogP contribution in [0.4, 0.5) is 4.39 Å². The molecule has 0 aromatic carbocycles. The van der Waals surface area contributed by atoms with Crippen LogP contribution in [-0.2, 0) is 6.54 Å². The van der Waals surface area contributed by atoms with Crippen molar-refractivity contribution in [3.8, 4) is 0 Å². The van der Waals surface area contributed by atoms with Gasteiger partial charge in [0, 0.05) is 0 Å². The van der Waals surface area contributed by atoms with Gasteiger partial charge in [0.2, 0.25) is 0 Å². The van der Waals surface area contributed by atoms with Crippen molar-refractivity contribution >= 4 is 0 Å². The van der Waals surface area contributed by atoms with E-state index in [0.29, 0.717) is 6.54 Å². The molecular formula is C5H8FN3. The van der Waals surface area contributed by atoms with E-state index in [-0.39, 0.29) is 6.67 Å². The topological polar surface area (TPSA) is 30.7 Å². The molecule has 1 aromatic rings. The summed E-state index contributed by atoms with van der Waals surface area (Å²) in [5.74, 6) is 0. The Morgan fingerprint density at radius 2 is 2.56 bits per heavy atom. The van der Waals surface area contributed by atoms with E-state index < -0.39 is 0 Å². The minimum atomic E-state index is -0.385. The molecule has 0 spiro atoms. The summed E-state index contributed by atoms with van der Waals surface area (Å²) >= 11 is 0. The van der Waals surface area contributed by atoms with Crippen molar-refractivity contribution in [2.75, 3.05) is 6.67 Å². The molecule has 4 heteroatoms. The summed E-state index contributed by atoms with van der Waals surface area (Å²) in [7, 11) is 0. The van der Waals surface area contributed by atoms with Crippen LogP contribution < -0.4 is 0 Å². The zero-order chi connectivity index (χ0) is 6.69. The van der Waals surface area contributed by atoms with E-state index in [1.807, 2.05) is 6.92 Å². The molecule has 1 rings (SSSR count). The number of nitrogens with zero attached hydrogens (tertiary/aromatic N) is 3. The molecule has 0 aliphatic heterocycles. The summed E-state index contributed by atoms with van der Waals surface area (Å²) in [6.45, 7) is 1.77. The van der Waals surface area contributed by atoms with Gasteiger partial charge < -0.3 is 0 Å². The third kappa shape index (κ3) is 1.25. The maximum atomic E-state index is 11.6. The second-order valence-electron chi connectivity index (χ2n) is 1.79. The molecule has 0 radical (unpaired) electrons. The van der Waals surface area contributed by atoms with Crippen molar-refractivity contribution < 1.29 is 4.39 Å². The fraction of sp³-hybridized carbons (Fsp3) is 0.600. The third-order valence-electron chi connectivity index (χ3n) is 1.11. The average Bonchev–Trinajstić information content (AvgIpc) is 2.18. The van der Waals surface area contributed by atoms with Gasteiger partial charge in [-0.05, 0) is 6.92 Å². The number of aromatic nitrogens is 3. The molecule has 1 heterocycles. The Bertz CT molecular complexity index is 184. The molecule has 3 nitrogen and oxygen atoms in total. The number of aryl methyl sites for hydroxylation is 2. The summed E-state index contributed by atoms with van der Waals surface area (Å²) in [5, 5.41) is 7.22. The largest absolute Gasteiger partial charge is 0.249 e. The summed E-state index contributed by atoms with van der Waals surface area (Å²) in [4.78, 5) is 0. The van der Waals surface area contributed by atoms with Crippen LogP contribution in [0.1, 0.15) is 5.69 Å². The Morgan fingerprint density at radius 1 is 1.78 bits per heavy atom. The number of hydrogen-bond acceptors (Lipinski definition) is 2. The molecule has 0 aliphatic carbocycles. The molecule has 0 N–H and O–H groups in total. The lowest BCUT2D eigenvalue weighted by Gasteiger charge is -1.94. The van der Waals surface area contributed by atoms with E-state index >= 15 is 0 Å². The van der Waals surface area contributed by atoms with Gasteiger partial charge in [0.15, 0.2) is 0 Å². The first kappa shape index (κ1) is 6.19. The maximum Gasteiger partial charge on any atom is 0.109 e. The standard InChI is InChI=1S/C5H8FN3/c1-5-4-7-8-9(5)3-2-6/h4H,2-3H2,1H3. The van der Waals surface area contributed by atoms with E-state index in [4.69, 9.17) is 0 Å². The summed E-state index contributed by atoms with van der Waals surface area (Å²) < 4.78 is 13.2. The van der Waals surface area contributed by atoms with Crippen molar-refractivity contribution in [2.24, 2.45) is 0 Å². The normalized spacial score (nSPS) is 10.0. The van der Waals surface area contributed by atoms with Crippen LogP contribution in [0.2, 0.25) is 0 Å². The molecule has 0 saturated heterocycles. The SMILES string of the molecule is Cc1cnnn1CCF. The lowest BCUT2D eigenvalue weighted by molar-refractivity contribution is 0.418. The van der Waals surface area contributed by atoms with Gasteiger partial charge in [-0.25, -0.2) is 9.07 Å². The lowest BCUT2D eigenvalue weighted by atomic mass is 10.5. The minimum Gasteiger partial charge on any atom is -0.249 e. The molecule has 0 unspecified atom stereocenters. The number of halogens is 1. The van der Waals surface area contributed by atoms with Gasteiger partial charge >= 0.3 is 0 Å². The van der Waals surface area contributed by atoms with Crippen LogP contribution in [0.3, 0.4) is 0 Å². The van der Waals surface area contributed by atoms with Crippen molar-refractivity contribution in [2.45, 2.75) is 13.5 Å². The Labute approximate surface area is 52.5 Å². The van der Waals surface area contributed by atoms with E-state index in [1.54, 1.807) is 6.20 Å². The molecule has 0 fully saturated rings. The monoisotopic (exact) mass is 129 g/mol. The zero-order valence-electron chi connectivity index (χ0n) is 5.21. The van der Waals surface area contributed by atoms with Crippen molar-refractivity contribution in [1.82, 2.24) is 15.0 Å². The molecule has 50 valence electrons. The molecule has 0 bridgehead atoms.